The predicted octanol–water partition coefficient (Wildman–Crippen LogP) is 1.22. The highest BCUT2D eigenvalue weighted by Crippen LogP contribution is 2.75. The van der Waals surface area contributed by atoms with Gasteiger partial charge in [-0.1, -0.05) is 30.9 Å². The quantitative estimate of drug-likeness (QED) is 0.607. The average Bonchev–Trinajstić information content (AvgIpc) is 2.58. The monoisotopic (exact) mass is 208 g/mol. The summed E-state index contributed by atoms with van der Waals surface area (Å²) in [5, 5.41) is 10.4. The second kappa shape index (κ2) is 2.79. The normalized spacial score (nSPS) is 59.1. The van der Waals surface area contributed by atoms with Gasteiger partial charge in [0.1, 0.15) is 7.28 Å². The molecule has 1 radical (unpaired) electrons. The highest BCUT2D eigenvalue weighted by molar-refractivity contribution is 6.59. The molecule has 4 heteroatoms. The first-order valence-corrected chi connectivity index (χ1v) is 5.88. The molecule has 15 heavy (non-hydrogen) atoms. The van der Waals surface area contributed by atoms with Gasteiger partial charge >= 0.3 is 0 Å². The Labute approximate surface area is 92.0 Å². The summed E-state index contributed by atoms with van der Waals surface area (Å²) in [6.45, 7) is 4.67. The lowest BCUT2D eigenvalue weighted by Gasteiger charge is -2.22. The molecule has 2 saturated heterocycles. The van der Waals surface area contributed by atoms with Crippen molar-refractivity contribution in [1.29, 1.82) is 0 Å². The molecule has 3 aliphatic rings. The first-order chi connectivity index (χ1) is 6.95. The minimum absolute atomic E-state index is 0.218. The molecule has 2 heterocycles. The number of aliphatic hydroxyl groups is 1. The molecule has 5 atom stereocenters. The SMILES string of the molecule is CN1C(O)OC2CC3(C)[B]C3(C)CCC21. The Morgan fingerprint density at radius 1 is 1.40 bits per heavy atom. The second-order valence-electron chi connectivity index (χ2n) is 5.96. The van der Waals surface area contributed by atoms with Crippen LogP contribution in [-0.4, -0.2) is 42.9 Å². The first kappa shape index (κ1) is 10.1. The number of hydrogen-bond acceptors (Lipinski definition) is 3. The Hall–Kier alpha value is -0.0551. The molecule has 0 spiro atoms. The molecule has 0 aromatic heterocycles. The van der Waals surface area contributed by atoms with E-state index in [9.17, 15) is 5.11 Å². The van der Waals surface area contributed by atoms with Crippen molar-refractivity contribution in [3.8, 4) is 0 Å². The van der Waals surface area contributed by atoms with Crippen LogP contribution in [0.1, 0.15) is 33.1 Å². The summed E-state index contributed by atoms with van der Waals surface area (Å²) in [5.74, 6) is 0. The van der Waals surface area contributed by atoms with E-state index in [1.54, 1.807) is 0 Å². The third-order valence-corrected chi connectivity index (χ3v) is 5.04. The van der Waals surface area contributed by atoms with Crippen molar-refractivity contribution in [2.45, 2.75) is 62.3 Å². The lowest BCUT2D eigenvalue weighted by Crippen LogP contribution is -2.35. The molecule has 5 unspecified atom stereocenters. The summed E-state index contributed by atoms with van der Waals surface area (Å²) in [6, 6.07) is 0.412. The van der Waals surface area contributed by atoms with Gasteiger partial charge < -0.3 is 9.84 Å². The van der Waals surface area contributed by atoms with Crippen molar-refractivity contribution in [3.63, 3.8) is 0 Å². The maximum atomic E-state index is 9.66. The Kier molecular flexibility index (Phi) is 1.88. The lowest BCUT2D eigenvalue weighted by molar-refractivity contribution is -0.145. The minimum Gasteiger partial charge on any atom is -0.356 e. The van der Waals surface area contributed by atoms with Crippen LogP contribution in [0.3, 0.4) is 0 Å². The number of hydrogen-bond donors (Lipinski definition) is 1. The summed E-state index contributed by atoms with van der Waals surface area (Å²) in [6.07, 6.45) is 2.96. The fourth-order valence-electron chi connectivity index (χ4n) is 3.53. The first-order valence-electron chi connectivity index (χ1n) is 5.88. The van der Waals surface area contributed by atoms with Gasteiger partial charge in [0.25, 0.3) is 0 Å². The zero-order chi connectivity index (χ0) is 10.8. The van der Waals surface area contributed by atoms with Crippen LogP contribution in [0.15, 0.2) is 0 Å². The summed E-state index contributed by atoms with van der Waals surface area (Å²) in [7, 11) is 4.42. The molecule has 83 valence electrons. The van der Waals surface area contributed by atoms with Crippen LogP contribution in [-0.2, 0) is 4.74 Å². The summed E-state index contributed by atoms with van der Waals surface area (Å²) in [4.78, 5) is 1.97. The average molecular weight is 208 g/mol. The Bertz CT molecular complexity index is 300. The molecule has 1 saturated carbocycles. The number of rotatable bonds is 0. The summed E-state index contributed by atoms with van der Waals surface area (Å²) in [5.41, 5.74) is 0. The number of fused-ring (bicyclic) bond motifs is 2. The molecule has 1 aliphatic carbocycles. The van der Waals surface area contributed by atoms with Gasteiger partial charge in [-0.2, -0.15) is 0 Å². The van der Waals surface area contributed by atoms with E-state index < -0.39 is 6.41 Å². The number of nitrogens with zero attached hydrogens (tertiary/aromatic N) is 1. The van der Waals surface area contributed by atoms with Gasteiger partial charge in [-0.3, -0.25) is 4.90 Å². The van der Waals surface area contributed by atoms with Crippen LogP contribution < -0.4 is 0 Å². The fraction of sp³-hybridized carbons (Fsp3) is 1.00. The topological polar surface area (TPSA) is 32.7 Å². The highest BCUT2D eigenvalue weighted by Gasteiger charge is 2.64. The Balaban J connectivity index is 1.83. The number of likely N-dealkylation sites (N-methyl/N-ethyl adjacent to an activating group) is 1. The minimum atomic E-state index is -0.688. The van der Waals surface area contributed by atoms with Crippen LogP contribution in [0.2, 0.25) is 10.6 Å². The Morgan fingerprint density at radius 2 is 2.13 bits per heavy atom. The predicted molar refractivity (Wildman–Crippen MR) is 58.8 cm³/mol. The van der Waals surface area contributed by atoms with Gasteiger partial charge in [0.05, 0.1) is 6.10 Å². The third kappa shape index (κ3) is 1.25. The summed E-state index contributed by atoms with van der Waals surface area (Å²) < 4.78 is 5.63. The van der Waals surface area contributed by atoms with Gasteiger partial charge in [-0.05, 0) is 19.9 Å². The number of ether oxygens (including phenoxy) is 1. The van der Waals surface area contributed by atoms with Crippen molar-refractivity contribution in [1.82, 2.24) is 4.90 Å². The van der Waals surface area contributed by atoms with E-state index in [2.05, 4.69) is 21.1 Å². The van der Waals surface area contributed by atoms with Crippen LogP contribution in [0.5, 0.6) is 0 Å². The second-order valence-corrected chi connectivity index (χ2v) is 5.96. The zero-order valence-corrected chi connectivity index (χ0v) is 9.73. The molecule has 0 aromatic carbocycles. The fourth-order valence-corrected chi connectivity index (χ4v) is 3.53. The van der Waals surface area contributed by atoms with E-state index in [1.165, 1.54) is 6.42 Å². The van der Waals surface area contributed by atoms with E-state index in [4.69, 9.17) is 4.74 Å². The van der Waals surface area contributed by atoms with Crippen LogP contribution in [0.25, 0.3) is 0 Å². The molecule has 0 bridgehead atoms. The Morgan fingerprint density at radius 3 is 2.87 bits per heavy atom. The van der Waals surface area contributed by atoms with Crippen molar-refractivity contribution in [2.24, 2.45) is 0 Å². The van der Waals surface area contributed by atoms with Gasteiger partial charge in [0.2, 0.25) is 6.41 Å². The molecule has 3 nitrogen and oxygen atoms in total. The van der Waals surface area contributed by atoms with E-state index in [0.29, 0.717) is 16.7 Å². The van der Waals surface area contributed by atoms with Gasteiger partial charge in [-0.15, -0.1) is 0 Å². The van der Waals surface area contributed by atoms with Crippen molar-refractivity contribution < 1.29 is 9.84 Å². The standard InChI is InChI=1S/C11H19BNO2/c1-10-5-4-7-8(6-11(10,2)12-10)15-9(14)13(7)3/h7-9,14H,4-6H2,1-3H3. The van der Waals surface area contributed by atoms with E-state index in [-0.39, 0.29) is 6.10 Å². The molecule has 3 fully saturated rings. The van der Waals surface area contributed by atoms with Gasteiger partial charge in [0, 0.05) is 6.04 Å². The smallest absolute Gasteiger partial charge is 0.216 e. The highest BCUT2D eigenvalue weighted by atomic mass is 16.6. The van der Waals surface area contributed by atoms with Gasteiger partial charge in [-0.25, -0.2) is 0 Å². The molecule has 0 amide bonds. The van der Waals surface area contributed by atoms with Crippen molar-refractivity contribution >= 4 is 7.28 Å². The number of aliphatic hydroxyl groups excluding tert-OH is 1. The zero-order valence-electron chi connectivity index (χ0n) is 9.73. The van der Waals surface area contributed by atoms with Crippen molar-refractivity contribution in [2.75, 3.05) is 7.05 Å². The largest absolute Gasteiger partial charge is 0.356 e. The lowest BCUT2D eigenvalue weighted by atomic mass is 9.80. The van der Waals surface area contributed by atoms with Crippen LogP contribution in [0, 0.1) is 0 Å². The molecule has 1 N–H and O–H groups in total. The van der Waals surface area contributed by atoms with Crippen LogP contribution >= 0.6 is 0 Å². The molecular formula is C11H19BNO2. The molecular weight excluding hydrogens is 189 g/mol. The van der Waals surface area contributed by atoms with E-state index in [1.807, 2.05) is 11.9 Å². The van der Waals surface area contributed by atoms with Gasteiger partial charge in [0.15, 0.2) is 0 Å². The molecule has 3 rings (SSSR count). The maximum Gasteiger partial charge on any atom is 0.216 e. The maximum absolute atomic E-state index is 9.66. The third-order valence-electron chi connectivity index (χ3n) is 5.04. The summed E-state index contributed by atoms with van der Waals surface area (Å²) >= 11 is 0. The molecule has 2 aliphatic heterocycles. The van der Waals surface area contributed by atoms with Crippen molar-refractivity contribution in [3.05, 3.63) is 0 Å². The molecule has 0 aromatic rings. The van der Waals surface area contributed by atoms with E-state index in [0.717, 1.165) is 12.8 Å². The van der Waals surface area contributed by atoms with Crippen LogP contribution in [0.4, 0.5) is 0 Å². The van der Waals surface area contributed by atoms with E-state index >= 15 is 0 Å².